The lowest BCUT2D eigenvalue weighted by atomic mass is 10.2. The minimum Gasteiger partial charge on any atom is -0.506 e. The smallest absolute Gasteiger partial charge is 0.140 e. The fourth-order valence-corrected chi connectivity index (χ4v) is 1.38. The zero-order valence-corrected chi connectivity index (χ0v) is 9.51. The highest BCUT2D eigenvalue weighted by Gasteiger charge is 2.05. The Labute approximate surface area is 91.5 Å². The Hall–Kier alpha value is -1.38. The van der Waals surface area contributed by atoms with E-state index in [0.29, 0.717) is 5.75 Å². The zero-order valence-electron chi connectivity index (χ0n) is 9.51. The van der Waals surface area contributed by atoms with Gasteiger partial charge < -0.3 is 15.7 Å². The number of nitrogens with one attached hydrogen (secondary N) is 2. The average molecular weight is 208 g/mol. The van der Waals surface area contributed by atoms with Gasteiger partial charge in [-0.05, 0) is 25.0 Å². The van der Waals surface area contributed by atoms with Gasteiger partial charge in [-0.25, -0.2) is 0 Å². The average Bonchev–Trinajstić information content (AvgIpc) is 2.25. The maximum absolute atomic E-state index is 9.71. The summed E-state index contributed by atoms with van der Waals surface area (Å²) in [6.07, 6.45) is 2.12. The van der Waals surface area contributed by atoms with Gasteiger partial charge in [-0.15, -0.1) is 0 Å². The molecule has 0 atom stereocenters. The van der Waals surface area contributed by atoms with Crippen LogP contribution in [0.5, 0.6) is 5.75 Å². The molecule has 0 fully saturated rings. The summed E-state index contributed by atoms with van der Waals surface area (Å²) in [5, 5.41) is 16.2. The van der Waals surface area contributed by atoms with E-state index in [-0.39, 0.29) is 0 Å². The van der Waals surface area contributed by atoms with E-state index in [4.69, 9.17) is 0 Å². The molecule has 0 aliphatic carbocycles. The third kappa shape index (κ3) is 3.35. The van der Waals surface area contributed by atoms with Crippen LogP contribution in [0.25, 0.3) is 0 Å². The molecule has 0 saturated carbocycles. The van der Waals surface area contributed by atoms with E-state index in [9.17, 15) is 5.11 Å². The summed E-state index contributed by atoms with van der Waals surface area (Å²) in [5.74, 6) is 0.310. The van der Waals surface area contributed by atoms with Crippen molar-refractivity contribution in [2.24, 2.45) is 0 Å². The molecule has 1 aromatic carbocycles. The van der Waals surface area contributed by atoms with Crippen LogP contribution in [0.3, 0.4) is 0 Å². The van der Waals surface area contributed by atoms with E-state index in [1.165, 1.54) is 0 Å². The lowest BCUT2D eigenvalue weighted by Crippen LogP contribution is -2.06. The number of rotatable bonds is 6. The first kappa shape index (κ1) is 11.7. The fourth-order valence-electron chi connectivity index (χ4n) is 1.38. The summed E-state index contributed by atoms with van der Waals surface area (Å²) in [6.45, 7) is 6.02. The molecule has 0 aliphatic rings. The minimum atomic E-state index is 0.310. The van der Waals surface area contributed by atoms with Gasteiger partial charge in [0.25, 0.3) is 0 Å². The SMILES string of the molecule is CCCNc1cccc(O)c1NCCC. The van der Waals surface area contributed by atoms with Gasteiger partial charge in [0.05, 0.1) is 5.69 Å². The summed E-state index contributed by atoms with van der Waals surface area (Å²) in [5.41, 5.74) is 1.79. The molecule has 0 spiro atoms. The van der Waals surface area contributed by atoms with Gasteiger partial charge in [0.1, 0.15) is 11.4 Å². The minimum absolute atomic E-state index is 0.310. The monoisotopic (exact) mass is 208 g/mol. The van der Waals surface area contributed by atoms with Crippen molar-refractivity contribution < 1.29 is 5.11 Å². The summed E-state index contributed by atoms with van der Waals surface area (Å²) in [7, 11) is 0. The number of phenolic OH excluding ortho intramolecular Hbond substituents is 1. The van der Waals surface area contributed by atoms with Crippen molar-refractivity contribution in [2.45, 2.75) is 26.7 Å². The summed E-state index contributed by atoms with van der Waals surface area (Å²) >= 11 is 0. The van der Waals surface area contributed by atoms with E-state index in [1.54, 1.807) is 6.07 Å². The topological polar surface area (TPSA) is 44.3 Å². The van der Waals surface area contributed by atoms with Crippen molar-refractivity contribution >= 4 is 11.4 Å². The maximum atomic E-state index is 9.71. The summed E-state index contributed by atoms with van der Waals surface area (Å²) < 4.78 is 0. The second-order valence-electron chi connectivity index (χ2n) is 3.55. The molecule has 0 amide bonds. The third-order valence-electron chi connectivity index (χ3n) is 2.16. The van der Waals surface area contributed by atoms with Crippen molar-refractivity contribution in [3.8, 4) is 5.75 Å². The highest BCUT2D eigenvalue weighted by Crippen LogP contribution is 2.31. The predicted molar refractivity (Wildman–Crippen MR) is 65.7 cm³/mol. The lowest BCUT2D eigenvalue weighted by Gasteiger charge is -2.14. The molecular weight excluding hydrogens is 188 g/mol. The van der Waals surface area contributed by atoms with Crippen LogP contribution in [0, 0.1) is 0 Å². The zero-order chi connectivity index (χ0) is 11.1. The normalized spacial score (nSPS) is 10.0. The quantitative estimate of drug-likeness (QED) is 0.630. The highest BCUT2D eigenvalue weighted by molar-refractivity contribution is 5.75. The molecule has 3 nitrogen and oxygen atoms in total. The van der Waals surface area contributed by atoms with E-state index >= 15 is 0 Å². The van der Waals surface area contributed by atoms with Gasteiger partial charge in [0, 0.05) is 13.1 Å². The van der Waals surface area contributed by atoms with Gasteiger partial charge >= 0.3 is 0 Å². The van der Waals surface area contributed by atoms with Crippen LogP contribution in [0.4, 0.5) is 11.4 Å². The molecule has 0 aromatic heterocycles. The molecule has 0 radical (unpaired) electrons. The Kier molecular flexibility index (Phi) is 4.81. The number of hydrogen-bond acceptors (Lipinski definition) is 3. The van der Waals surface area contributed by atoms with Gasteiger partial charge in [-0.2, -0.15) is 0 Å². The molecule has 0 unspecified atom stereocenters. The molecule has 15 heavy (non-hydrogen) atoms. The maximum Gasteiger partial charge on any atom is 0.140 e. The van der Waals surface area contributed by atoms with Crippen molar-refractivity contribution in [2.75, 3.05) is 23.7 Å². The number of para-hydroxylation sites is 1. The lowest BCUT2D eigenvalue weighted by molar-refractivity contribution is 0.477. The summed E-state index contributed by atoms with van der Waals surface area (Å²) in [6, 6.07) is 5.53. The van der Waals surface area contributed by atoms with E-state index < -0.39 is 0 Å². The Morgan fingerprint density at radius 3 is 2.40 bits per heavy atom. The van der Waals surface area contributed by atoms with Crippen molar-refractivity contribution in [3.05, 3.63) is 18.2 Å². The Bertz CT molecular complexity index is 300. The molecule has 1 rings (SSSR count). The molecule has 3 N–H and O–H groups in total. The Morgan fingerprint density at radius 2 is 1.73 bits per heavy atom. The second-order valence-corrected chi connectivity index (χ2v) is 3.55. The van der Waals surface area contributed by atoms with E-state index in [0.717, 1.165) is 37.3 Å². The molecule has 84 valence electrons. The van der Waals surface area contributed by atoms with Crippen LogP contribution < -0.4 is 10.6 Å². The third-order valence-corrected chi connectivity index (χ3v) is 2.16. The largest absolute Gasteiger partial charge is 0.506 e. The number of phenols is 1. The fraction of sp³-hybridized carbons (Fsp3) is 0.500. The van der Waals surface area contributed by atoms with Gasteiger partial charge in [-0.3, -0.25) is 0 Å². The van der Waals surface area contributed by atoms with Crippen LogP contribution in [0.1, 0.15) is 26.7 Å². The predicted octanol–water partition coefficient (Wildman–Crippen LogP) is 3.04. The molecule has 3 heteroatoms. The van der Waals surface area contributed by atoms with Crippen molar-refractivity contribution in [1.29, 1.82) is 0 Å². The first-order chi connectivity index (χ1) is 7.29. The molecule has 0 saturated heterocycles. The second kappa shape index (κ2) is 6.17. The van der Waals surface area contributed by atoms with Crippen molar-refractivity contribution in [1.82, 2.24) is 0 Å². The molecule has 0 heterocycles. The Balaban J connectivity index is 2.77. The molecular formula is C12H20N2O. The number of anilines is 2. The Morgan fingerprint density at radius 1 is 1.07 bits per heavy atom. The number of hydrogen-bond donors (Lipinski definition) is 3. The first-order valence-electron chi connectivity index (χ1n) is 5.59. The van der Waals surface area contributed by atoms with Crippen LogP contribution in [-0.4, -0.2) is 18.2 Å². The highest BCUT2D eigenvalue weighted by atomic mass is 16.3. The molecule has 0 aliphatic heterocycles. The standard InChI is InChI=1S/C12H20N2O/c1-3-8-13-10-6-5-7-11(15)12(10)14-9-4-2/h5-7,13-15H,3-4,8-9H2,1-2H3. The van der Waals surface area contributed by atoms with Crippen LogP contribution >= 0.6 is 0 Å². The van der Waals surface area contributed by atoms with Gasteiger partial charge in [-0.1, -0.05) is 19.9 Å². The van der Waals surface area contributed by atoms with Crippen LogP contribution in [0.2, 0.25) is 0 Å². The van der Waals surface area contributed by atoms with Gasteiger partial charge in [0.15, 0.2) is 0 Å². The molecule has 0 bridgehead atoms. The first-order valence-corrected chi connectivity index (χ1v) is 5.59. The molecule has 1 aromatic rings. The van der Waals surface area contributed by atoms with Crippen molar-refractivity contribution in [3.63, 3.8) is 0 Å². The van der Waals surface area contributed by atoms with E-state index in [2.05, 4.69) is 24.5 Å². The van der Waals surface area contributed by atoms with Crippen LogP contribution in [0.15, 0.2) is 18.2 Å². The van der Waals surface area contributed by atoms with Gasteiger partial charge in [0.2, 0.25) is 0 Å². The van der Waals surface area contributed by atoms with E-state index in [1.807, 2.05) is 12.1 Å². The number of aromatic hydroxyl groups is 1. The number of benzene rings is 1. The van der Waals surface area contributed by atoms with Crippen LogP contribution in [-0.2, 0) is 0 Å². The summed E-state index contributed by atoms with van der Waals surface area (Å²) in [4.78, 5) is 0.